The zero-order chi connectivity index (χ0) is 31.7. The van der Waals surface area contributed by atoms with E-state index in [1.807, 2.05) is 30.3 Å². The molecule has 2 heterocycles. The summed E-state index contributed by atoms with van der Waals surface area (Å²) >= 11 is 3.34. The zero-order valence-electron chi connectivity index (χ0n) is 23.3. The van der Waals surface area contributed by atoms with Crippen LogP contribution in [0.3, 0.4) is 0 Å². The molecule has 10 nitrogen and oxygen atoms in total. The number of carboxylic acids is 1. The van der Waals surface area contributed by atoms with E-state index in [0.717, 1.165) is 22.3 Å². The summed E-state index contributed by atoms with van der Waals surface area (Å²) in [6.07, 6.45) is -1.61. The number of piperidine rings is 1. The number of halogens is 4. The Morgan fingerprint density at radius 1 is 1.07 bits per heavy atom. The van der Waals surface area contributed by atoms with Crippen LogP contribution >= 0.6 is 15.9 Å². The molecule has 0 saturated carbocycles. The van der Waals surface area contributed by atoms with Crippen LogP contribution in [0.15, 0.2) is 77.0 Å². The van der Waals surface area contributed by atoms with Crippen molar-refractivity contribution in [2.75, 3.05) is 24.6 Å². The maximum absolute atomic E-state index is 13.3. The Balaban J connectivity index is 1.42. The minimum atomic E-state index is -4.61. The van der Waals surface area contributed by atoms with Crippen molar-refractivity contribution >= 4 is 45.7 Å². The van der Waals surface area contributed by atoms with E-state index >= 15 is 0 Å². The number of amides is 2. The van der Waals surface area contributed by atoms with Gasteiger partial charge in [0.05, 0.1) is 13.2 Å². The average Bonchev–Trinajstić information content (AvgIpc) is 3.01. The van der Waals surface area contributed by atoms with Gasteiger partial charge in [-0.2, -0.15) is 13.2 Å². The molecule has 0 unspecified atom stereocenters. The molecule has 1 saturated heterocycles. The molecular formula is C30H29BrF3N5O5. The van der Waals surface area contributed by atoms with Crippen molar-refractivity contribution in [2.24, 2.45) is 5.92 Å². The number of nitrogens with one attached hydrogen (secondary N) is 2. The third-order valence-electron chi connectivity index (χ3n) is 6.76. The van der Waals surface area contributed by atoms with Crippen LogP contribution in [-0.2, 0) is 31.9 Å². The molecule has 1 atom stereocenters. The summed E-state index contributed by atoms with van der Waals surface area (Å²) in [6, 6.07) is 15.4. The van der Waals surface area contributed by atoms with E-state index in [1.165, 1.54) is 6.08 Å². The number of ether oxygens (including phenoxy) is 1. The van der Waals surface area contributed by atoms with Crippen LogP contribution < -0.4 is 15.5 Å². The van der Waals surface area contributed by atoms with E-state index in [2.05, 4.69) is 36.5 Å². The largest absolute Gasteiger partial charge is 0.480 e. The van der Waals surface area contributed by atoms with Crippen molar-refractivity contribution in [1.29, 1.82) is 0 Å². The lowest BCUT2D eigenvalue weighted by Gasteiger charge is -2.31. The molecule has 0 bridgehead atoms. The van der Waals surface area contributed by atoms with Crippen molar-refractivity contribution in [3.05, 3.63) is 93.9 Å². The molecule has 2 aromatic carbocycles. The molecule has 14 heteroatoms. The Morgan fingerprint density at radius 3 is 2.39 bits per heavy atom. The Bertz CT molecular complexity index is 1480. The van der Waals surface area contributed by atoms with Crippen molar-refractivity contribution in [2.45, 2.75) is 31.7 Å². The number of aliphatic carboxylic acids is 1. The monoisotopic (exact) mass is 675 g/mol. The third kappa shape index (κ3) is 9.35. The molecule has 1 aromatic heterocycles. The van der Waals surface area contributed by atoms with Crippen LogP contribution in [0.1, 0.15) is 29.7 Å². The highest BCUT2D eigenvalue weighted by Gasteiger charge is 2.34. The molecule has 0 radical (unpaired) electrons. The second kappa shape index (κ2) is 14.9. The van der Waals surface area contributed by atoms with Gasteiger partial charge in [0.25, 0.3) is 5.91 Å². The van der Waals surface area contributed by atoms with E-state index in [4.69, 9.17) is 4.74 Å². The summed E-state index contributed by atoms with van der Waals surface area (Å²) in [7, 11) is 0. The SMILES string of the molecule is O=C(N[C@H](COCc1ccccc1)C(=O)O)C(=Cc1ccc(Br)cc1)NC(=O)C1CCN(c2nccc(C(F)(F)F)n2)CC1. The van der Waals surface area contributed by atoms with E-state index in [9.17, 15) is 32.7 Å². The van der Waals surface area contributed by atoms with E-state index in [-0.39, 0.29) is 50.8 Å². The van der Waals surface area contributed by atoms with E-state index in [0.29, 0.717) is 5.56 Å². The number of hydrogen-bond acceptors (Lipinski definition) is 7. The normalized spacial score (nSPS) is 15.0. The first kappa shape index (κ1) is 32.6. The Hall–Kier alpha value is -4.30. The summed E-state index contributed by atoms with van der Waals surface area (Å²) < 4.78 is 45.6. The van der Waals surface area contributed by atoms with Gasteiger partial charge in [-0.15, -0.1) is 0 Å². The van der Waals surface area contributed by atoms with Gasteiger partial charge in [-0.05, 0) is 48.2 Å². The quantitative estimate of drug-likeness (QED) is 0.255. The number of hydrogen-bond donors (Lipinski definition) is 3. The molecule has 1 aliphatic heterocycles. The molecule has 44 heavy (non-hydrogen) atoms. The molecular weight excluding hydrogens is 647 g/mol. The highest BCUT2D eigenvalue weighted by atomic mass is 79.9. The smallest absolute Gasteiger partial charge is 0.433 e. The number of rotatable bonds is 11. The van der Waals surface area contributed by atoms with Crippen LogP contribution in [0, 0.1) is 5.92 Å². The van der Waals surface area contributed by atoms with Gasteiger partial charge in [-0.25, -0.2) is 14.8 Å². The lowest BCUT2D eigenvalue weighted by Crippen LogP contribution is -2.48. The number of carboxylic acid groups (broad SMARTS) is 1. The van der Waals surface area contributed by atoms with Gasteiger partial charge in [0.2, 0.25) is 11.9 Å². The van der Waals surface area contributed by atoms with Gasteiger partial charge in [-0.1, -0.05) is 58.4 Å². The fourth-order valence-corrected chi connectivity index (χ4v) is 4.66. The van der Waals surface area contributed by atoms with Gasteiger partial charge >= 0.3 is 12.1 Å². The maximum Gasteiger partial charge on any atom is 0.433 e. The number of carbonyl (C=O) groups is 3. The topological polar surface area (TPSA) is 134 Å². The van der Waals surface area contributed by atoms with Crippen LogP contribution in [0.5, 0.6) is 0 Å². The Morgan fingerprint density at radius 2 is 1.75 bits per heavy atom. The molecule has 3 aromatic rings. The standard InChI is InChI=1S/C30H29BrF3N5O5/c31-22-8-6-19(7-9-22)16-23(27(41)37-24(28(42)43)18-44-17-20-4-2-1-3-5-20)36-26(40)21-11-14-39(15-12-21)29-35-13-10-25(38-29)30(32,33)34/h1-10,13,16,21,24H,11-12,14-15,17-18H2,(H,36,40)(H,37,41)(H,42,43)/t24-/m1/s1. The predicted octanol–water partition coefficient (Wildman–Crippen LogP) is 4.42. The van der Waals surface area contributed by atoms with Crippen LogP contribution in [0.4, 0.5) is 19.1 Å². The van der Waals surface area contributed by atoms with Crippen molar-refractivity contribution in [3.63, 3.8) is 0 Å². The molecule has 0 spiro atoms. The lowest BCUT2D eigenvalue weighted by atomic mass is 9.96. The fourth-order valence-electron chi connectivity index (χ4n) is 4.40. The van der Waals surface area contributed by atoms with Crippen LogP contribution in [-0.4, -0.2) is 58.6 Å². The lowest BCUT2D eigenvalue weighted by molar-refractivity contribution is -0.143. The fraction of sp³-hybridized carbons (Fsp3) is 0.300. The summed E-state index contributed by atoms with van der Waals surface area (Å²) in [5.74, 6) is -3.28. The average molecular weight is 676 g/mol. The van der Waals surface area contributed by atoms with Crippen molar-refractivity contribution in [3.8, 4) is 0 Å². The first-order valence-electron chi connectivity index (χ1n) is 13.6. The van der Waals surface area contributed by atoms with Gasteiger partial charge in [0, 0.05) is 29.7 Å². The maximum atomic E-state index is 13.3. The number of nitrogens with zero attached hydrogens (tertiary/aromatic N) is 3. The highest BCUT2D eigenvalue weighted by Crippen LogP contribution is 2.29. The molecule has 4 rings (SSSR count). The minimum Gasteiger partial charge on any atom is -0.480 e. The predicted molar refractivity (Wildman–Crippen MR) is 158 cm³/mol. The summed E-state index contributed by atoms with van der Waals surface area (Å²) in [5, 5.41) is 14.7. The highest BCUT2D eigenvalue weighted by molar-refractivity contribution is 9.10. The number of alkyl halides is 3. The minimum absolute atomic E-state index is 0.0805. The summed E-state index contributed by atoms with van der Waals surface area (Å²) in [6.45, 7) is 0.267. The van der Waals surface area contributed by atoms with Crippen molar-refractivity contribution in [1.82, 2.24) is 20.6 Å². The molecule has 232 valence electrons. The molecule has 0 aliphatic carbocycles. The van der Waals surface area contributed by atoms with Crippen LogP contribution in [0.2, 0.25) is 0 Å². The Kier molecular flexibility index (Phi) is 11.1. The number of benzene rings is 2. The molecule has 1 fully saturated rings. The second-order valence-corrected chi connectivity index (χ2v) is 10.9. The number of aromatic nitrogens is 2. The van der Waals surface area contributed by atoms with E-state index in [1.54, 1.807) is 29.2 Å². The van der Waals surface area contributed by atoms with Gasteiger partial charge in [-0.3, -0.25) is 9.59 Å². The van der Waals surface area contributed by atoms with E-state index < -0.39 is 41.6 Å². The summed E-state index contributed by atoms with van der Waals surface area (Å²) in [4.78, 5) is 47.6. The number of anilines is 1. The van der Waals surface area contributed by atoms with Gasteiger partial charge < -0.3 is 25.4 Å². The number of carbonyl (C=O) groups excluding carboxylic acids is 2. The third-order valence-corrected chi connectivity index (χ3v) is 7.29. The second-order valence-electron chi connectivity index (χ2n) is 9.96. The molecule has 1 aliphatic rings. The molecule has 3 N–H and O–H groups in total. The van der Waals surface area contributed by atoms with Gasteiger partial charge in [0.1, 0.15) is 11.4 Å². The van der Waals surface area contributed by atoms with Crippen molar-refractivity contribution < 1.29 is 37.4 Å². The zero-order valence-corrected chi connectivity index (χ0v) is 24.8. The Labute approximate surface area is 259 Å². The van der Waals surface area contributed by atoms with Crippen LogP contribution in [0.25, 0.3) is 6.08 Å². The molecule has 2 amide bonds. The van der Waals surface area contributed by atoms with Gasteiger partial charge in [0.15, 0.2) is 6.04 Å². The first-order chi connectivity index (χ1) is 21.0. The summed E-state index contributed by atoms with van der Waals surface area (Å²) in [5.41, 5.74) is 0.176. The first-order valence-corrected chi connectivity index (χ1v) is 14.4.